The summed E-state index contributed by atoms with van der Waals surface area (Å²) in [6, 6.07) is 5.66. The molecule has 0 saturated carbocycles. The Hall–Kier alpha value is -2.17. The molecule has 18 heavy (non-hydrogen) atoms. The van der Waals surface area contributed by atoms with Crippen molar-refractivity contribution in [3.05, 3.63) is 30.0 Å². The molecule has 0 aliphatic rings. The maximum atomic E-state index is 10.6. The lowest BCUT2D eigenvalue weighted by atomic mass is 10.1. The number of aromatic nitrogens is 1. The summed E-state index contributed by atoms with van der Waals surface area (Å²) in [5, 5.41) is 12.2. The number of ether oxygens (including phenoxy) is 1. The van der Waals surface area contributed by atoms with Gasteiger partial charge in [0, 0.05) is 23.1 Å². The number of amides is 1. The SMILES string of the molecule is COc1ccc2[nH]cc(CC(C)NC(=O)O)c2c1. The van der Waals surface area contributed by atoms with Crippen molar-refractivity contribution < 1.29 is 14.6 Å². The van der Waals surface area contributed by atoms with Crippen LogP contribution in [0.15, 0.2) is 24.4 Å². The maximum absolute atomic E-state index is 10.6. The number of rotatable bonds is 4. The van der Waals surface area contributed by atoms with E-state index in [1.807, 2.05) is 31.3 Å². The molecule has 1 aromatic heterocycles. The minimum atomic E-state index is -1.00. The summed E-state index contributed by atoms with van der Waals surface area (Å²) in [7, 11) is 1.63. The Bertz CT molecular complexity index is 562. The average molecular weight is 248 g/mol. The Balaban J connectivity index is 2.25. The molecule has 5 heteroatoms. The molecule has 0 bridgehead atoms. The monoisotopic (exact) mass is 248 g/mol. The lowest BCUT2D eigenvalue weighted by Gasteiger charge is -2.10. The van der Waals surface area contributed by atoms with Gasteiger partial charge in [0.25, 0.3) is 0 Å². The second-order valence-electron chi connectivity index (χ2n) is 4.28. The van der Waals surface area contributed by atoms with E-state index in [1.54, 1.807) is 7.11 Å². The molecule has 0 radical (unpaired) electrons. The van der Waals surface area contributed by atoms with Gasteiger partial charge in [-0.15, -0.1) is 0 Å². The number of benzene rings is 1. The molecule has 0 spiro atoms. The van der Waals surface area contributed by atoms with Crippen LogP contribution in [0.4, 0.5) is 4.79 Å². The number of methoxy groups -OCH3 is 1. The number of aromatic amines is 1. The van der Waals surface area contributed by atoms with E-state index in [4.69, 9.17) is 9.84 Å². The number of carboxylic acid groups (broad SMARTS) is 1. The van der Waals surface area contributed by atoms with Crippen molar-refractivity contribution in [1.29, 1.82) is 0 Å². The van der Waals surface area contributed by atoms with Crippen LogP contribution < -0.4 is 10.1 Å². The molecule has 0 fully saturated rings. The van der Waals surface area contributed by atoms with Crippen molar-refractivity contribution in [3.63, 3.8) is 0 Å². The molecule has 3 N–H and O–H groups in total. The van der Waals surface area contributed by atoms with Crippen LogP contribution in [0.25, 0.3) is 10.9 Å². The lowest BCUT2D eigenvalue weighted by molar-refractivity contribution is 0.190. The quantitative estimate of drug-likeness (QED) is 0.777. The van der Waals surface area contributed by atoms with Crippen LogP contribution in [0.2, 0.25) is 0 Å². The van der Waals surface area contributed by atoms with Crippen LogP contribution in [-0.2, 0) is 6.42 Å². The Morgan fingerprint density at radius 2 is 2.33 bits per heavy atom. The van der Waals surface area contributed by atoms with Gasteiger partial charge in [-0.3, -0.25) is 0 Å². The van der Waals surface area contributed by atoms with Crippen LogP contribution in [-0.4, -0.2) is 29.3 Å². The van der Waals surface area contributed by atoms with E-state index < -0.39 is 6.09 Å². The standard InChI is InChI=1S/C13H16N2O3/c1-8(15-13(16)17)5-9-7-14-12-4-3-10(18-2)6-11(9)12/h3-4,6-8,14-15H,5H2,1-2H3,(H,16,17). The highest BCUT2D eigenvalue weighted by atomic mass is 16.5. The summed E-state index contributed by atoms with van der Waals surface area (Å²) in [5.41, 5.74) is 2.10. The van der Waals surface area contributed by atoms with Gasteiger partial charge in [-0.2, -0.15) is 0 Å². The molecule has 1 amide bonds. The van der Waals surface area contributed by atoms with Gasteiger partial charge in [-0.05, 0) is 37.1 Å². The summed E-state index contributed by atoms with van der Waals surface area (Å²) in [6.45, 7) is 1.84. The molecule has 1 heterocycles. The van der Waals surface area contributed by atoms with Crippen LogP contribution in [0.1, 0.15) is 12.5 Å². The maximum Gasteiger partial charge on any atom is 0.404 e. The van der Waals surface area contributed by atoms with Gasteiger partial charge in [0.15, 0.2) is 0 Å². The predicted molar refractivity (Wildman–Crippen MR) is 69.2 cm³/mol. The summed E-state index contributed by atoms with van der Waals surface area (Å²) in [5.74, 6) is 0.794. The first kappa shape index (κ1) is 12.3. The zero-order valence-electron chi connectivity index (χ0n) is 10.4. The number of H-pyrrole nitrogens is 1. The van der Waals surface area contributed by atoms with E-state index in [0.29, 0.717) is 6.42 Å². The van der Waals surface area contributed by atoms with Gasteiger partial charge in [-0.1, -0.05) is 0 Å². The van der Waals surface area contributed by atoms with E-state index in [9.17, 15) is 4.79 Å². The fourth-order valence-electron chi connectivity index (χ4n) is 2.05. The molecule has 96 valence electrons. The van der Waals surface area contributed by atoms with Crippen molar-refractivity contribution >= 4 is 17.0 Å². The summed E-state index contributed by atoms with van der Waals surface area (Å²) < 4.78 is 5.19. The second-order valence-corrected chi connectivity index (χ2v) is 4.28. The van der Waals surface area contributed by atoms with Crippen LogP contribution in [0.5, 0.6) is 5.75 Å². The highest BCUT2D eigenvalue weighted by molar-refractivity contribution is 5.84. The van der Waals surface area contributed by atoms with Crippen molar-refractivity contribution in [2.24, 2.45) is 0 Å². The van der Waals surface area contributed by atoms with Crippen LogP contribution >= 0.6 is 0 Å². The zero-order valence-corrected chi connectivity index (χ0v) is 10.4. The van der Waals surface area contributed by atoms with E-state index in [-0.39, 0.29) is 6.04 Å². The number of hydrogen-bond donors (Lipinski definition) is 3. The fourth-order valence-corrected chi connectivity index (χ4v) is 2.05. The van der Waals surface area contributed by atoms with Crippen molar-refractivity contribution in [2.45, 2.75) is 19.4 Å². The topological polar surface area (TPSA) is 74.3 Å². The third-order valence-corrected chi connectivity index (χ3v) is 2.87. The lowest BCUT2D eigenvalue weighted by Crippen LogP contribution is -2.32. The average Bonchev–Trinajstić information content (AvgIpc) is 2.70. The molecule has 0 saturated heterocycles. The van der Waals surface area contributed by atoms with E-state index >= 15 is 0 Å². The molecule has 5 nitrogen and oxygen atoms in total. The minimum Gasteiger partial charge on any atom is -0.497 e. The van der Waals surface area contributed by atoms with Gasteiger partial charge < -0.3 is 20.1 Å². The third-order valence-electron chi connectivity index (χ3n) is 2.87. The number of carbonyl (C=O) groups is 1. The number of fused-ring (bicyclic) bond motifs is 1. The molecule has 1 unspecified atom stereocenters. The molecule has 2 rings (SSSR count). The summed E-state index contributed by atoms with van der Waals surface area (Å²) in [6.07, 6.45) is 1.55. The Labute approximate surface area is 105 Å². The van der Waals surface area contributed by atoms with Crippen molar-refractivity contribution in [3.8, 4) is 5.75 Å². The molecule has 2 aromatic rings. The highest BCUT2D eigenvalue weighted by Gasteiger charge is 2.10. The van der Waals surface area contributed by atoms with Crippen molar-refractivity contribution in [1.82, 2.24) is 10.3 Å². The van der Waals surface area contributed by atoms with Crippen LogP contribution in [0.3, 0.4) is 0 Å². The van der Waals surface area contributed by atoms with Gasteiger partial charge >= 0.3 is 6.09 Å². The molecule has 1 aromatic carbocycles. The zero-order chi connectivity index (χ0) is 13.1. The van der Waals surface area contributed by atoms with Gasteiger partial charge in [0.05, 0.1) is 7.11 Å². The van der Waals surface area contributed by atoms with E-state index in [2.05, 4.69) is 10.3 Å². The molecule has 0 aliphatic carbocycles. The van der Waals surface area contributed by atoms with E-state index in [0.717, 1.165) is 22.2 Å². The summed E-state index contributed by atoms with van der Waals surface area (Å²) >= 11 is 0. The third kappa shape index (κ3) is 2.56. The fraction of sp³-hybridized carbons (Fsp3) is 0.308. The number of hydrogen-bond acceptors (Lipinski definition) is 2. The van der Waals surface area contributed by atoms with Gasteiger partial charge in [0.1, 0.15) is 5.75 Å². The first-order valence-electron chi connectivity index (χ1n) is 5.73. The first-order chi connectivity index (χ1) is 8.60. The second kappa shape index (κ2) is 5.00. The largest absolute Gasteiger partial charge is 0.497 e. The van der Waals surface area contributed by atoms with Crippen LogP contribution in [0, 0.1) is 0 Å². The van der Waals surface area contributed by atoms with Gasteiger partial charge in [0.2, 0.25) is 0 Å². The van der Waals surface area contributed by atoms with Crippen molar-refractivity contribution in [2.75, 3.05) is 7.11 Å². The smallest absolute Gasteiger partial charge is 0.404 e. The first-order valence-corrected chi connectivity index (χ1v) is 5.73. The predicted octanol–water partition coefficient (Wildman–Crippen LogP) is 2.38. The Morgan fingerprint density at radius 3 is 3.00 bits per heavy atom. The molecule has 0 aliphatic heterocycles. The van der Waals surface area contributed by atoms with E-state index in [1.165, 1.54) is 0 Å². The molecular formula is C13H16N2O3. The Morgan fingerprint density at radius 1 is 1.56 bits per heavy atom. The number of nitrogens with one attached hydrogen (secondary N) is 2. The molecule has 1 atom stereocenters. The highest BCUT2D eigenvalue weighted by Crippen LogP contribution is 2.24. The minimum absolute atomic E-state index is 0.132. The Kier molecular flexibility index (Phi) is 3.41. The van der Waals surface area contributed by atoms with Gasteiger partial charge in [-0.25, -0.2) is 4.79 Å². The molecular weight excluding hydrogens is 232 g/mol. The summed E-state index contributed by atoms with van der Waals surface area (Å²) in [4.78, 5) is 13.7. The normalized spacial score (nSPS) is 12.3.